The molecule has 1 aliphatic heterocycles. The number of rotatable bonds is 4. The van der Waals surface area contributed by atoms with E-state index in [-0.39, 0.29) is 17.9 Å². The number of aromatic nitrogens is 2. The van der Waals surface area contributed by atoms with Gasteiger partial charge in [0.25, 0.3) is 5.91 Å². The Hall–Kier alpha value is -3.38. The van der Waals surface area contributed by atoms with Crippen LogP contribution in [-0.2, 0) is 0 Å². The first-order chi connectivity index (χ1) is 16.4. The first-order valence-electron chi connectivity index (χ1n) is 11.4. The number of aryl methyl sites for hydroxylation is 1. The number of nitrogens with one attached hydrogen (secondary N) is 1. The number of ether oxygens (including phenoxy) is 1. The van der Waals surface area contributed by atoms with Crippen molar-refractivity contribution in [3.05, 3.63) is 88.0 Å². The van der Waals surface area contributed by atoms with Crippen LogP contribution in [0.4, 0.5) is 4.39 Å². The number of amides is 1. The van der Waals surface area contributed by atoms with Gasteiger partial charge in [0.05, 0.1) is 40.1 Å². The fourth-order valence-corrected chi connectivity index (χ4v) is 5.02. The zero-order valence-corrected chi connectivity index (χ0v) is 20.0. The maximum absolute atomic E-state index is 14.8. The predicted molar refractivity (Wildman–Crippen MR) is 131 cm³/mol. The molecule has 0 fully saturated rings. The van der Waals surface area contributed by atoms with Crippen molar-refractivity contribution in [2.24, 2.45) is 0 Å². The second-order valence-electron chi connectivity index (χ2n) is 8.84. The maximum Gasteiger partial charge on any atom is 0.253 e. The summed E-state index contributed by atoms with van der Waals surface area (Å²) in [7, 11) is 0. The summed E-state index contributed by atoms with van der Waals surface area (Å²) in [6.07, 6.45) is 0.693. The van der Waals surface area contributed by atoms with Crippen molar-refractivity contribution in [3.8, 4) is 16.9 Å². The Kier molecular flexibility index (Phi) is 5.78. The lowest BCUT2D eigenvalue weighted by Gasteiger charge is -2.27. The topological polar surface area (TPSA) is 55.6 Å². The van der Waals surface area contributed by atoms with E-state index in [2.05, 4.69) is 5.32 Å². The highest BCUT2D eigenvalue weighted by atomic mass is 35.5. The first-order valence-corrected chi connectivity index (χ1v) is 11.7. The third-order valence-corrected chi connectivity index (χ3v) is 6.59. The zero-order valence-electron chi connectivity index (χ0n) is 19.2. The Morgan fingerprint density at radius 2 is 1.94 bits per heavy atom. The summed E-state index contributed by atoms with van der Waals surface area (Å²) in [5.41, 5.74) is 4.58. The predicted octanol–water partition coefficient (Wildman–Crippen LogP) is 6.48. The minimum atomic E-state index is -0.406. The lowest BCUT2D eigenvalue weighted by atomic mass is 9.98. The molecular weight excluding hydrogens is 453 g/mol. The fourth-order valence-electron chi connectivity index (χ4n) is 4.77. The van der Waals surface area contributed by atoms with Gasteiger partial charge in [-0.1, -0.05) is 49.7 Å². The highest BCUT2D eigenvalue weighted by Gasteiger charge is 2.27. The molecule has 2 aromatic carbocycles. The van der Waals surface area contributed by atoms with Gasteiger partial charge in [0.15, 0.2) is 0 Å². The molecule has 0 bridgehead atoms. The van der Waals surface area contributed by atoms with Crippen molar-refractivity contribution in [3.63, 3.8) is 0 Å². The lowest BCUT2D eigenvalue weighted by molar-refractivity contribution is 0.0922. The molecule has 0 saturated heterocycles. The van der Waals surface area contributed by atoms with E-state index in [1.807, 2.05) is 51.1 Å². The lowest BCUT2D eigenvalue weighted by Crippen LogP contribution is -2.33. The van der Waals surface area contributed by atoms with Gasteiger partial charge in [0.1, 0.15) is 11.6 Å². The molecule has 1 aliphatic rings. The molecule has 3 heterocycles. The zero-order chi connectivity index (χ0) is 24.0. The van der Waals surface area contributed by atoms with E-state index in [1.165, 1.54) is 6.07 Å². The third-order valence-electron chi connectivity index (χ3n) is 6.28. The highest BCUT2D eigenvalue weighted by molar-refractivity contribution is 6.33. The number of nitrogens with zero attached hydrogens (tertiary/aromatic N) is 2. The molecule has 0 spiro atoms. The molecule has 174 valence electrons. The van der Waals surface area contributed by atoms with Crippen molar-refractivity contribution in [2.75, 3.05) is 6.61 Å². The van der Waals surface area contributed by atoms with Crippen molar-refractivity contribution >= 4 is 23.0 Å². The Labute approximate surface area is 202 Å². The van der Waals surface area contributed by atoms with Crippen LogP contribution in [0, 0.1) is 12.7 Å². The monoisotopic (exact) mass is 477 g/mol. The third kappa shape index (κ3) is 3.72. The van der Waals surface area contributed by atoms with Crippen LogP contribution < -0.4 is 10.1 Å². The highest BCUT2D eigenvalue weighted by Crippen LogP contribution is 2.38. The minimum Gasteiger partial charge on any atom is -0.493 e. The van der Waals surface area contributed by atoms with Crippen LogP contribution in [0.5, 0.6) is 5.75 Å². The van der Waals surface area contributed by atoms with Crippen LogP contribution in [0.2, 0.25) is 5.02 Å². The average Bonchev–Trinajstić information content (AvgIpc) is 3.14. The van der Waals surface area contributed by atoms with Gasteiger partial charge >= 0.3 is 0 Å². The summed E-state index contributed by atoms with van der Waals surface area (Å²) in [6.45, 7) is 6.40. The van der Waals surface area contributed by atoms with E-state index in [9.17, 15) is 9.18 Å². The van der Waals surface area contributed by atoms with Gasteiger partial charge < -0.3 is 10.1 Å². The normalized spacial score (nSPS) is 15.3. The second-order valence-corrected chi connectivity index (χ2v) is 9.25. The summed E-state index contributed by atoms with van der Waals surface area (Å²) >= 11 is 6.38. The number of carbonyl (C=O) groups excluding carboxylic acids is 1. The van der Waals surface area contributed by atoms with Crippen molar-refractivity contribution in [1.29, 1.82) is 0 Å². The quantitative estimate of drug-likeness (QED) is 0.366. The summed E-state index contributed by atoms with van der Waals surface area (Å²) < 4.78 is 22.3. The van der Waals surface area contributed by atoms with Crippen LogP contribution >= 0.6 is 11.6 Å². The Balaban J connectivity index is 1.60. The van der Waals surface area contributed by atoms with Crippen LogP contribution in [0.15, 0.2) is 54.6 Å². The Bertz CT molecular complexity index is 1390. The van der Waals surface area contributed by atoms with Gasteiger partial charge in [0, 0.05) is 23.1 Å². The van der Waals surface area contributed by atoms with Crippen molar-refractivity contribution in [1.82, 2.24) is 14.9 Å². The number of hydrogen-bond donors (Lipinski definition) is 1. The Morgan fingerprint density at radius 3 is 2.71 bits per heavy atom. The number of benzene rings is 2. The summed E-state index contributed by atoms with van der Waals surface area (Å²) in [5, 5.41) is 8.21. The maximum atomic E-state index is 14.8. The van der Waals surface area contributed by atoms with Gasteiger partial charge in [-0.2, -0.15) is 5.10 Å². The molecule has 0 radical (unpaired) electrons. The SMILES string of the molecule is Cc1nn2c(C(C)C)c(C(=O)N[C@H]3CCOc4ccccc43)ccc2c1-c1c(F)cccc1Cl. The van der Waals surface area contributed by atoms with Crippen molar-refractivity contribution in [2.45, 2.75) is 39.2 Å². The molecule has 1 N–H and O–H groups in total. The van der Waals surface area contributed by atoms with Gasteiger partial charge in [0.2, 0.25) is 0 Å². The molecular formula is C27H25ClFN3O2. The largest absolute Gasteiger partial charge is 0.493 e. The number of carbonyl (C=O) groups is 1. The molecule has 0 saturated carbocycles. The second kappa shape index (κ2) is 8.76. The first kappa shape index (κ1) is 22.4. The van der Waals surface area contributed by atoms with E-state index in [0.717, 1.165) is 17.0 Å². The number of fused-ring (bicyclic) bond motifs is 2. The molecule has 4 aromatic rings. The molecule has 5 nitrogen and oxygen atoms in total. The summed E-state index contributed by atoms with van der Waals surface area (Å²) in [5.74, 6) is 0.213. The molecule has 0 aliphatic carbocycles. The average molecular weight is 478 g/mol. The number of para-hydroxylation sites is 1. The van der Waals surface area contributed by atoms with Gasteiger partial charge in [-0.25, -0.2) is 8.91 Å². The summed E-state index contributed by atoms with van der Waals surface area (Å²) in [4.78, 5) is 13.5. The molecule has 2 aromatic heterocycles. The van der Waals surface area contributed by atoms with E-state index in [0.29, 0.717) is 46.0 Å². The Morgan fingerprint density at radius 1 is 1.15 bits per heavy atom. The van der Waals surface area contributed by atoms with Crippen LogP contribution in [0.1, 0.15) is 59.5 Å². The van der Waals surface area contributed by atoms with E-state index < -0.39 is 5.82 Å². The standard InChI is InChI=1S/C27H25ClFN3O2/c1-15(2)26-18(27(33)30-21-13-14-34-23-10-5-4-7-17(21)23)11-12-22-24(16(3)31-32(22)26)25-19(28)8-6-9-20(25)29/h4-12,15,21H,13-14H2,1-3H3,(H,30,33)/t21-/m0/s1. The van der Waals surface area contributed by atoms with E-state index in [4.69, 9.17) is 21.4 Å². The van der Waals surface area contributed by atoms with Crippen molar-refractivity contribution < 1.29 is 13.9 Å². The van der Waals surface area contributed by atoms with Gasteiger partial charge in [-0.05, 0) is 43.2 Å². The smallest absolute Gasteiger partial charge is 0.253 e. The molecule has 0 unspecified atom stereocenters. The molecule has 5 rings (SSSR count). The summed E-state index contributed by atoms with van der Waals surface area (Å²) in [6, 6.07) is 15.9. The number of pyridine rings is 1. The van der Waals surface area contributed by atoms with Gasteiger partial charge in [-0.15, -0.1) is 0 Å². The molecule has 1 atom stereocenters. The van der Waals surface area contributed by atoms with Crippen LogP contribution in [0.25, 0.3) is 16.6 Å². The number of hydrogen-bond acceptors (Lipinski definition) is 3. The molecule has 34 heavy (non-hydrogen) atoms. The van der Waals surface area contributed by atoms with Crippen LogP contribution in [0.3, 0.4) is 0 Å². The van der Waals surface area contributed by atoms with Crippen LogP contribution in [-0.4, -0.2) is 22.1 Å². The molecule has 1 amide bonds. The van der Waals surface area contributed by atoms with E-state index in [1.54, 1.807) is 22.7 Å². The number of halogens is 2. The van der Waals surface area contributed by atoms with Gasteiger partial charge in [-0.3, -0.25) is 4.79 Å². The minimum absolute atomic E-state index is 0.00494. The molecule has 7 heteroatoms. The van der Waals surface area contributed by atoms with E-state index >= 15 is 0 Å². The fraction of sp³-hybridized carbons (Fsp3) is 0.259.